The van der Waals surface area contributed by atoms with Crippen LogP contribution in [0.1, 0.15) is 79.5 Å². The van der Waals surface area contributed by atoms with Crippen molar-refractivity contribution in [3.8, 4) is 5.75 Å². The fourth-order valence-electron chi connectivity index (χ4n) is 7.74. The predicted octanol–water partition coefficient (Wildman–Crippen LogP) is 7.12. The van der Waals surface area contributed by atoms with Gasteiger partial charge in [-0.25, -0.2) is 18.4 Å². The van der Waals surface area contributed by atoms with Gasteiger partial charge in [0.15, 0.2) is 0 Å². The Morgan fingerprint density at radius 1 is 1.04 bits per heavy atom. The Kier molecular flexibility index (Phi) is 8.53. The smallest absolute Gasteiger partial charge is 0.419 e. The van der Waals surface area contributed by atoms with Crippen LogP contribution >= 0.6 is 0 Å². The van der Waals surface area contributed by atoms with Gasteiger partial charge in [-0.15, -0.1) is 0 Å². The number of ether oxygens (including phenoxy) is 4. The van der Waals surface area contributed by atoms with Crippen LogP contribution in [0.25, 0.3) is 10.9 Å². The number of aromatic nitrogens is 1. The number of hydrogen-bond donors (Lipinski definition) is 0. The van der Waals surface area contributed by atoms with Gasteiger partial charge in [0, 0.05) is 68.5 Å². The summed E-state index contributed by atoms with van der Waals surface area (Å²) in [6.45, 7) is 9.83. The zero-order valence-electron chi connectivity index (χ0n) is 28.3. The lowest BCUT2D eigenvalue weighted by molar-refractivity contribution is -0.186. The van der Waals surface area contributed by atoms with Crippen LogP contribution in [0.15, 0.2) is 36.5 Å². The summed E-state index contributed by atoms with van der Waals surface area (Å²) in [5, 5.41) is 0.869. The molecule has 2 saturated heterocycles. The number of alkyl halides is 2. The molecule has 0 N–H and O–H groups in total. The summed E-state index contributed by atoms with van der Waals surface area (Å²) in [6.07, 6.45) is 2.31. The Morgan fingerprint density at radius 3 is 2.38 bits per heavy atom. The number of hydrogen-bond acceptors (Lipinski definition) is 8. The lowest BCUT2D eigenvalue weighted by Gasteiger charge is -2.55. The molecular formula is C36H45F2N3O6. The number of methoxy groups -OCH3 is 3. The molecule has 0 bridgehead atoms. The van der Waals surface area contributed by atoms with E-state index < -0.39 is 29.0 Å². The molecule has 11 heteroatoms. The lowest BCUT2D eigenvalue weighted by Crippen LogP contribution is -2.54. The fraction of sp³-hybridized carbons (Fsp3) is 0.556. The number of carbonyl (C=O) groups excluding carboxylic acids is 2. The first-order valence-corrected chi connectivity index (χ1v) is 16.2. The van der Waals surface area contributed by atoms with Crippen molar-refractivity contribution in [2.75, 3.05) is 45.9 Å². The molecule has 47 heavy (non-hydrogen) atoms. The number of fused-ring (bicyclic) bond motifs is 1. The number of benzene rings is 2. The molecule has 1 aromatic heterocycles. The van der Waals surface area contributed by atoms with E-state index in [0.717, 1.165) is 33.3 Å². The maximum atomic E-state index is 14.4. The van der Waals surface area contributed by atoms with Crippen molar-refractivity contribution in [1.29, 1.82) is 0 Å². The third kappa shape index (κ3) is 6.32. The van der Waals surface area contributed by atoms with Crippen molar-refractivity contribution in [3.05, 3.63) is 58.8 Å². The van der Waals surface area contributed by atoms with Crippen LogP contribution in [0.3, 0.4) is 0 Å². The maximum Gasteiger partial charge on any atom is 0.419 e. The third-order valence-electron chi connectivity index (χ3n) is 10.00. The third-order valence-corrected chi connectivity index (χ3v) is 10.00. The molecule has 1 saturated carbocycles. The number of aryl methyl sites for hydroxylation is 1. The maximum absolute atomic E-state index is 14.4. The number of piperidine rings is 1. The highest BCUT2D eigenvalue weighted by molar-refractivity contribution is 5.95. The second-order valence-electron chi connectivity index (χ2n) is 14.5. The van der Waals surface area contributed by atoms with Crippen LogP contribution in [-0.2, 0) is 20.8 Å². The van der Waals surface area contributed by atoms with Gasteiger partial charge in [0.05, 0.1) is 31.4 Å². The lowest BCUT2D eigenvalue weighted by atomic mass is 9.58. The van der Waals surface area contributed by atoms with E-state index >= 15 is 0 Å². The van der Waals surface area contributed by atoms with Gasteiger partial charge in [-0.05, 0) is 87.9 Å². The summed E-state index contributed by atoms with van der Waals surface area (Å²) in [6, 6.07) is 9.21. The van der Waals surface area contributed by atoms with E-state index in [9.17, 15) is 18.4 Å². The van der Waals surface area contributed by atoms with E-state index in [2.05, 4.69) is 9.80 Å². The zero-order valence-corrected chi connectivity index (χ0v) is 28.3. The van der Waals surface area contributed by atoms with Gasteiger partial charge in [-0.3, -0.25) is 9.47 Å². The monoisotopic (exact) mass is 653 g/mol. The standard InChI is InChI=1S/C36H45F2N3O6/c1-22-14-30(45-6)27(25-10-12-41(31(22)25)33(43)47-34(2,3)4)19-39-13-11-35(20-36(37,38)21-35)16-29(39)26-9-8-23(32(42)46-7)15-28(26)40-17-24(18-40)44-5/h8-10,12,14-15,24,29H,11,13,16-21H2,1-7H3. The molecule has 9 nitrogen and oxygen atoms in total. The topological polar surface area (TPSA) is 82.5 Å². The molecule has 3 aromatic rings. The van der Waals surface area contributed by atoms with Crippen molar-refractivity contribution in [3.63, 3.8) is 0 Å². The van der Waals surface area contributed by atoms with Crippen molar-refractivity contribution in [2.24, 2.45) is 5.41 Å². The Hall–Kier alpha value is -3.70. The summed E-state index contributed by atoms with van der Waals surface area (Å²) in [4.78, 5) is 30.3. The molecule has 3 heterocycles. The molecule has 0 radical (unpaired) electrons. The molecule has 0 amide bonds. The average Bonchev–Trinajstić information content (AvgIpc) is 3.43. The van der Waals surface area contributed by atoms with Crippen molar-refractivity contribution in [2.45, 2.75) is 83.6 Å². The van der Waals surface area contributed by atoms with Gasteiger partial charge >= 0.3 is 12.1 Å². The summed E-state index contributed by atoms with van der Waals surface area (Å²) in [5.41, 5.74) is 3.71. The summed E-state index contributed by atoms with van der Waals surface area (Å²) < 4.78 is 52.6. The number of carbonyl (C=O) groups is 2. The predicted molar refractivity (Wildman–Crippen MR) is 175 cm³/mol. The first kappa shape index (κ1) is 33.2. The molecule has 2 aromatic carbocycles. The van der Waals surface area contributed by atoms with E-state index in [1.807, 2.05) is 52.0 Å². The van der Waals surface area contributed by atoms with Gasteiger partial charge in [0.25, 0.3) is 0 Å². The first-order chi connectivity index (χ1) is 22.2. The molecule has 2 aliphatic heterocycles. The summed E-state index contributed by atoms with van der Waals surface area (Å²) in [7, 11) is 4.67. The van der Waals surface area contributed by atoms with Crippen LogP contribution < -0.4 is 9.64 Å². The highest BCUT2D eigenvalue weighted by atomic mass is 19.3. The number of rotatable bonds is 7. The van der Waals surface area contributed by atoms with Gasteiger partial charge < -0.3 is 23.8 Å². The van der Waals surface area contributed by atoms with E-state index in [1.165, 1.54) is 11.7 Å². The zero-order chi connectivity index (χ0) is 33.9. The Morgan fingerprint density at radius 2 is 1.77 bits per heavy atom. The highest BCUT2D eigenvalue weighted by Crippen LogP contribution is 2.61. The van der Waals surface area contributed by atoms with Crippen molar-refractivity contribution < 1.29 is 37.3 Å². The fourth-order valence-corrected chi connectivity index (χ4v) is 7.74. The van der Waals surface area contributed by atoms with E-state index in [0.29, 0.717) is 50.3 Å². The Labute approximate surface area is 274 Å². The Bertz CT molecular complexity index is 1680. The second kappa shape index (κ2) is 12.1. The molecule has 1 aliphatic carbocycles. The largest absolute Gasteiger partial charge is 0.496 e. The molecule has 1 unspecified atom stereocenters. The minimum atomic E-state index is -2.65. The molecule has 3 fully saturated rings. The van der Waals surface area contributed by atoms with Crippen LogP contribution in [0, 0.1) is 12.3 Å². The van der Waals surface area contributed by atoms with Crippen LogP contribution in [0.4, 0.5) is 19.3 Å². The number of halogens is 2. The van der Waals surface area contributed by atoms with Crippen molar-refractivity contribution in [1.82, 2.24) is 9.47 Å². The Balaban J connectivity index is 1.42. The van der Waals surface area contributed by atoms with E-state index in [-0.39, 0.29) is 25.0 Å². The van der Waals surface area contributed by atoms with Gasteiger partial charge in [-0.1, -0.05) is 6.07 Å². The summed E-state index contributed by atoms with van der Waals surface area (Å²) in [5.74, 6) is -2.39. The van der Waals surface area contributed by atoms with Gasteiger partial charge in [0.2, 0.25) is 5.92 Å². The second-order valence-corrected chi connectivity index (χ2v) is 14.5. The highest BCUT2D eigenvalue weighted by Gasteiger charge is 2.58. The minimum Gasteiger partial charge on any atom is -0.496 e. The van der Waals surface area contributed by atoms with Crippen LogP contribution in [0.5, 0.6) is 5.75 Å². The normalized spacial score (nSPS) is 21.0. The van der Waals surface area contributed by atoms with Crippen LogP contribution in [0.2, 0.25) is 0 Å². The van der Waals surface area contributed by atoms with Gasteiger partial charge in [0.1, 0.15) is 11.4 Å². The summed E-state index contributed by atoms with van der Waals surface area (Å²) >= 11 is 0. The molecular weight excluding hydrogens is 608 g/mol. The van der Waals surface area contributed by atoms with Crippen molar-refractivity contribution >= 4 is 28.7 Å². The molecule has 3 aliphatic rings. The number of anilines is 1. The number of likely N-dealkylation sites (tertiary alicyclic amines) is 1. The SMILES string of the molecule is COC(=O)c1ccc(C2CC3(CCN2Cc2c(OC)cc(C)c4c2ccn4C(=O)OC(C)(C)C)CC(F)(F)C3)c(N2CC(OC)C2)c1. The van der Waals surface area contributed by atoms with Crippen LogP contribution in [-0.4, -0.2) is 80.1 Å². The molecule has 1 atom stereocenters. The first-order valence-electron chi connectivity index (χ1n) is 16.2. The minimum absolute atomic E-state index is 0.0721. The molecule has 6 rings (SSSR count). The van der Waals surface area contributed by atoms with Gasteiger partial charge in [-0.2, -0.15) is 0 Å². The molecule has 1 spiro atoms. The van der Waals surface area contributed by atoms with E-state index in [4.69, 9.17) is 18.9 Å². The quantitative estimate of drug-likeness (QED) is 0.250. The average molecular weight is 654 g/mol. The number of nitrogens with zero attached hydrogens (tertiary/aromatic N) is 3. The van der Waals surface area contributed by atoms with E-state index in [1.54, 1.807) is 26.5 Å². The molecule has 254 valence electrons. The number of esters is 1.